The van der Waals surface area contributed by atoms with Crippen LogP contribution in [0.4, 0.5) is 5.69 Å². The highest BCUT2D eigenvalue weighted by Crippen LogP contribution is 2.30. The summed E-state index contributed by atoms with van der Waals surface area (Å²) in [5, 5.41) is 26.4. The largest absolute Gasteiger partial charge is 0.494 e. The van der Waals surface area contributed by atoms with Crippen LogP contribution in [0.25, 0.3) is 0 Å². The molecule has 53 heavy (non-hydrogen) atoms. The van der Waals surface area contributed by atoms with Crippen molar-refractivity contribution in [3.8, 4) is 28.7 Å². The molecule has 12 heteroatoms. The van der Waals surface area contributed by atoms with E-state index in [1.54, 1.807) is 78.9 Å². The number of methoxy groups -OCH3 is 3. The smallest absolute Gasteiger partial charge is 0.343 e. The first-order valence-corrected chi connectivity index (χ1v) is 17.5. The van der Waals surface area contributed by atoms with E-state index >= 15 is 0 Å². The van der Waals surface area contributed by atoms with Crippen LogP contribution in [-0.2, 0) is 22.4 Å². The fourth-order valence-electron chi connectivity index (χ4n) is 5.53. The lowest BCUT2D eigenvalue weighted by atomic mass is 10.0. The van der Waals surface area contributed by atoms with Crippen LogP contribution in [0.3, 0.4) is 0 Å². The van der Waals surface area contributed by atoms with Gasteiger partial charge in [-0.15, -0.1) is 0 Å². The Labute approximate surface area is 310 Å². The van der Waals surface area contributed by atoms with Crippen molar-refractivity contribution in [2.24, 2.45) is 0 Å². The zero-order chi connectivity index (χ0) is 38.2. The molecule has 282 valence electrons. The molecule has 4 aromatic carbocycles. The molecule has 12 nitrogen and oxygen atoms in total. The summed E-state index contributed by atoms with van der Waals surface area (Å²) in [6.07, 6.45) is 4.47. The van der Waals surface area contributed by atoms with E-state index < -0.39 is 24.2 Å². The minimum atomic E-state index is -1.32. The molecular weight excluding hydrogens is 680 g/mol. The molecule has 0 aromatic heterocycles. The number of unbranched alkanes of at least 4 members (excludes halogenated alkanes) is 4. The van der Waals surface area contributed by atoms with Crippen LogP contribution < -0.4 is 34.3 Å². The van der Waals surface area contributed by atoms with Crippen molar-refractivity contribution in [2.75, 3.05) is 33.3 Å². The Kier molecular flexibility index (Phi) is 15.5. The molecule has 2 atom stereocenters. The second kappa shape index (κ2) is 20.4. The van der Waals surface area contributed by atoms with Gasteiger partial charge in [0.15, 0.2) is 23.0 Å². The van der Waals surface area contributed by atoms with E-state index in [4.69, 9.17) is 23.7 Å². The summed E-state index contributed by atoms with van der Waals surface area (Å²) in [5.74, 6) is 0.153. The molecule has 1 amide bonds. The van der Waals surface area contributed by atoms with Gasteiger partial charge in [0, 0.05) is 5.69 Å². The molecule has 0 bridgehead atoms. The van der Waals surface area contributed by atoms with Crippen LogP contribution in [0.5, 0.6) is 28.7 Å². The molecular formula is C41H48N2O10. The summed E-state index contributed by atoms with van der Waals surface area (Å²) in [6, 6.07) is 21.9. The summed E-state index contributed by atoms with van der Waals surface area (Å²) in [4.78, 5) is 37.7. The predicted molar refractivity (Wildman–Crippen MR) is 200 cm³/mol. The number of amides is 1. The van der Waals surface area contributed by atoms with Gasteiger partial charge in [0.2, 0.25) is 5.91 Å². The first-order valence-electron chi connectivity index (χ1n) is 17.5. The number of anilines is 1. The number of benzene rings is 4. The van der Waals surface area contributed by atoms with Gasteiger partial charge in [-0.25, -0.2) is 4.79 Å². The summed E-state index contributed by atoms with van der Waals surface area (Å²) >= 11 is 0. The van der Waals surface area contributed by atoms with Crippen molar-refractivity contribution in [1.29, 1.82) is 0 Å². The number of ether oxygens (including phenoxy) is 5. The molecule has 0 fully saturated rings. The zero-order valence-corrected chi connectivity index (χ0v) is 30.6. The number of esters is 1. The Hall–Kier alpha value is -5.59. The van der Waals surface area contributed by atoms with Gasteiger partial charge in [-0.05, 0) is 90.2 Å². The van der Waals surface area contributed by atoms with Crippen molar-refractivity contribution in [2.45, 2.75) is 64.1 Å². The van der Waals surface area contributed by atoms with E-state index in [9.17, 15) is 24.6 Å². The van der Waals surface area contributed by atoms with Gasteiger partial charge < -0.3 is 39.2 Å². The van der Waals surface area contributed by atoms with E-state index in [2.05, 4.69) is 17.6 Å². The van der Waals surface area contributed by atoms with Crippen molar-refractivity contribution < 1.29 is 48.3 Å². The fourth-order valence-corrected chi connectivity index (χ4v) is 5.53. The third-order valence-corrected chi connectivity index (χ3v) is 8.46. The molecule has 0 saturated carbocycles. The summed E-state index contributed by atoms with van der Waals surface area (Å²) in [7, 11) is 4.48. The van der Waals surface area contributed by atoms with Crippen LogP contribution in [0.1, 0.15) is 72.3 Å². The maximum atomic E-state index is 12.9. The lowest BCUT2D eigenvalue weighted by Crippen LogP contribution is -2.40. The normalized spacial score (nSPS) is 11.9. The summed E-state index contributed by atoms with van der Waals surface area (Å²) in [6.45, 7) is 2.80. The van der Waals surface area contributed by atoms with Crippen LogP contribution in [-0.4, -0.2) is 62.0 Å². The Morgan fingerprint density at radius 3 is 2.00 bits per heavy atom. The lowest BCUT2D eigenvalue weighted by Gasteiger charge is -2.20. The Morgan fingerprint density at radius 2 is 1.34 bits per heavy atom. The molecule has 0 spiro atoms. The van der Waals surface area contributed by atoms with Crippen LogP contribution in [0.15, 0.2) is 84.9 Å². The van der Waals surface area contributed by atoms with Crippen LogP contribution in [0.2, 0.25) is 0 Å². The third kappa shape index (κ3) is 12.3. The number of aliphatic hydroxyl groups excluding tert-OH is 1. The number of aliphatic carboxylic acids is 1. The average molecular weight is 729 g/mol. The van der Waals surface area contributed by atoms with Gasteiger partial charge >= 0.3 is 11.9 Å². The lowest BCUT2D eigenvalue weighted by molar-refractivity contribution is -0.140. The number of carbonyl (C=O) groups is 3. The van der Waals surface area contributed by atoms with E-state index in [-0.39, 0.29) is 30.2 Å². The molecule has 4 rings (SSSR count). The highest BCUT2D eigenvalue weighted by molar-refractivity contribution is 5.92. The number of rotatable bonds is 21. The van der Waals surface area contributed by atoms with Gasteiger partial charge in [-0.2, -0.15) is 0 Å². The van der Waals surface area contributed by atoms with E-state index in [1.807, 2.05) is 0 Å². The molecule has 0 saturated heterocycles. The molecule has 0 aliphatic heterocycles. The first-order chi connectivity index (χ1) is 25.6. The van der Waals surface area contributed by atoms with Gasteiger partial charge in [0.1, 0.15) is 18.0 Å². The molecule has 0 radical (unpaired) electrons. The van der Waals surface area contributed by atoms with Crippen molar-refractivity contribution in [3.63, 3.8) is 0 Å². The van der Waals surface area contributed by atoms with Gasteiger partial charge in [-0.3, -0.25) is 14.9 Å². The number of hydrogen-bond donors (Lipinski definition) is 4. The molecule has 0 aliphatic rings. The number of carboxylic acids is 1. The Morgan fingerprint density at radius 1 is 0.717 bits per heavy atom. The molecule has 0 heterocycles. The number of carboxylic acid groups (broad SMARTS) is 1. The number of carbonyl (C=O) groups excluding carboxylic acids is 2. The van der Waals surface area contributed by atoms with E-state index in [0.717, 1.165) is 18.4 Å². The predicted octanol–water partition coefficient (Wildman–Crippen LogP) is 6.74. The highest BCUT2D eigenvalue weighted by Gasteiger charge is 2.23. The minimum absolute atomic E-state index is 0.0126. The minimum Gasteiger partial charge on any atom is -0.494 e. The second-order valence-electron chi connectivity index (χ2n) is 12.4. The first kappa shape index (κ1) is 40.2. The maximum Gasteiger partial charge on any atom is 0.343 e. The fraction of sp³-hybridized carbons (Fsp3) is 0.341. The Bertz CT molecular complexity index is 1790. The number of nitrogens with one attached hydrogen (secondary N) is 2. The van der Waals surface area contributed by atoms with E-state index in [1.165, 1.54) is 46.7 Å². The topological polar surface area (TPSA) is 162 Å². The van der Waals surface area contributed by atoms with E-state index in [0.29, 0.717) is 46.2 Å². The van der Waals surface area contributed by atoms with Gasteiger partial charge in [0.05, 0.1) is 39.9 Å². The SMILES string of the molecule is CCCCCCCOc1ccc(C(=O)Oc2ccc(CC(NC(O)c3ccc(NC(=O)Cc4ccc(OC)c(OC)c4)cc3)C(=O)O)cc2OC)cc1. The standard InChI is InChI=1S/C41H48N2O10/c1-5-6-7-8-9-22-52-32-18-14-30(15-19-32)41(48)53-35-21-11-27(24-37(35)51-4)23-33(40(46)47)43-39(45)29-12-16-31(17-13-29)42-38(44)26-28-10-20-34(49-2)36(25-28)50-3/h10-21,24-25,33,39,43,45H,5-9,22-23,26H2,1-4H3,(H,42,44)(H,46,47). The monoisotopic (exact) mass is 728 g/mol. The van der Waals surface area contributed by atoms with Crippen molar-refractivity contribution in [1.82, 2.24) is 5.32 Å². The summed E-state index contributed by atoms with van der Waals surface area (Å²) < 4.78 is 27.4. The summed E-state index contributed by atoms with van der Waals surface area (Å²) in [5.41, 5.74) is 2.54. The number of aliphatic hydroxyl groups is 1. The average Bonchev–Trinajstić information content (AvgIpc) is 3.16. The second-order valence-corrected chi connectivity index (χ2v) is 12.4. The molecule has 4 N–H and O–H groups in total. The van der Waals surface area contributed by atoms with Gasteiger partial charge in [-0.1, -0.05) is 56.9 Å². The van der Waals surface area contributed by atoms with Crippen LogP contribution >= 0.6 is 0 Å². The molecule has 4 aromatic rings. The van der Waals surface area contributed by atoms with Crippen molar-refractivity contribution in [3.05, 3.63) is 107 Å². The van der Waals surface area contributed by atoms with Gasteiger partial charge in [0.25, 0.3) is 0 Å². The maximum absolute atomic E-state index is 12.9. The third-order valence-electron chi connectivity index (χ3n) is 8.46. The number of hydrogen-bond acceptors (Lipinski definition) is 10. The zero-order valence-electron chi connectivity index (χ0n) is 30.6. The Balaban J connectivity index is 1.30. The molecule has 2 unspecified atom stereocenters. The molecule has 0 aliphatic carbocycles. The van der Waals surface area contributed by atoms with Crippen molar-refractivity contribution >= 4 is 23.5 Å². The highest BCUT2D eigenvalue weighted by atomic mass is 16.6. The quantitative estimate of drug-likeness (QED) is 0.0311. The van der Waals surface area contributed by atoms with Crippen LogP contribution in [0, 0.1) is 0 Å².